The molecule has 0 spiro atoms. The van der Waals surface area contributed by atoms with Gasteiger partial charge in [0.1, 0.15) is 18.5 Å². The average molecular weight is 484 g/mol. The molecule has 4 aromatic carbocycles. The molecule has 6 heteroatoms. The van der Waals surface area contributed by atoms with Gasteiger partial charge in [0.2, 0.25) is 0 Å². The fourth-order valence-corrected chi connectivity index (χ4v) is 4.28. The molecule has 35 heavy (non-hydrogen) atoms. The molecule has 0 aliphatic carbocycles. The van der Waals surface area contributed by atoms with E-state index in [-0.39, 0.29) is 12.1 Å². The first-order valence-electron chi connectivity index (χ1n) is 11.4. The van der Waals surface area contributed by atoms with Gasteiger partial charge in [0, 0.05) is 36.2 Å². The second-order valence-corrected chi connectivity index (χ2v) is 9.10. The first-order valence-corrected chi connectivity index (χ1v) is 11.8. The number of hydrogen-bond donors (Lipinski definition) is 1. The third kappa shape index (κ3) is 4.81. The van der Waals surface area contributed by atoms with Gasteiger partial charge in [-0.3, -0.25) is 9.69 Å². The van der Waals surface area contributed by atoms with Crippen LogP contribution in [0.25, 0.3) is 0 Å². The monoisotopic (exact) mass is 483 g/mol. The number of nitrogens with zero attached hydrogens (tertiary/aromatic N) is 2. The van der Waals surface area contributed by atoms with Crippen LogP contribution < -0.4 is 19.9 Å². The number of halogens is 1. The highest BCUT2D eigenvalue weighted by Crippen LogP contribution is 2.37. The standard InChI is InChI=1S/C29H26ClN3O2/c1-32(2)23-13-15-24(16-14-23)33-28(31-27-6-4-3-5-26(27)29(33)34)21-9-17-25(18-10-21)35-19-20-7-11-22(30)12-8-20/h3-18,28,31H,19H2,1-2H3/t28-/m0/s1. The summed E-state index contributed by atoms with van der Waals surface area (Å²) < 4.78 is 5.95. The summed E-state index contributed by atoms with van der Waals surface area (Å²) in [5.74, 6) is 0.720. The lowest BCUT2D eigenvalue weighted by atomic mass is 10.0. The van der Waals surface area contributed by atoms with Crippen molar-refractivity contribution in [3.8, 4) is 5.75 Å². The van der Waals surface area contributed by atoms with Gasteiger partial charge in [-0.05, 0) is 71.8 Å². The zero-order valence-corrected chi connectivity index (χ0v) is 20.4. The van der Waals surface area contributed by atoms with Gasteiger partial charge in [-0.25, -0.2) is 0 Å². The number of anilines is 3. The predicted molar refractivity (Wildman–Crippen MR) is 143 cm³/mol. The van der Waals surface area contributed by atoms with E-state index < -0.39 is 0 Å². The molecule has 1 atom stereocenters. The number of hydrogen-bond acceptors (Lipinski definition) is 4. The Labute approximate surface area is 210 Å². The maximum Gasteiger partial charge on any atom is 0.262 e. The quantitative estimate of drug-likeness (QED) is 0.329. The van der Waals surface area contributed by atoms with Crippen LogP contribution in [0.3, 0.4) is 0 Å². The molecule has 176 valence electrons. The number of carbonyl (C=O) groups excluding carboxylic acids is 1. The Hall–Kier alpha value is -3.96. The van der Waals surface area contributed by atoms with Crippen LogP contribution >= 0.6 is 11.6 Å². The number of amides is 1. The van der Waals surface area contributed by atoms with Crippen LogP contribution in [0.5, 0.6) is 5.75 Å². The third-order valence-corrected chi connectivity index (χ3v) is 6.34. The molecule has 5 rings (SSSR count). The lowest BCUT2D eigenvalue weighted by Crippen LogP contribution is -2.43. The van der Waals surface area contributed by atoms with E-state index >= 15 is 0 Å². The Balaban J connectivity index is 1.42. The molecule has 0 bridgehead atoms. The zero-order chi connectivity index (χ0) is 24.4. The molecule has 0 fully saturated rings. The smallest absolute Gasteiger partial charge is 0.262 e. The topological polar surface area (TPSA) is 44.8 Å². The number of nitrogens with one attached hydrogen (secondary N) is 1. The van der Waals surface area contributed by atoms with Crippen LogP contribution in [0.2, 0.25) is 5.02 Å². The highest BCUT2D eigenvalue weighted by Gasteiger charge is 2.34. The highest BCUT2D eigenvalue weighted by molar-refractivity contribution is 6.30. The van der Waals surface area contributed by atoms with Gasteiger partial charge in [-0.1, -0.05) is 48.0 Å². The molecule has 0 saturated heterocycles. The van der Waals surface area contributed by atoms with Crippen molar-refractivity contribution in [3.63, 3.8) is 0 Å². The number of benzene rings is 4. The van der Waals surface area contributed by atoms with Gasteiger partial charge in [0.05, 0.1) is 5.56 Å². The Morgan fingerprint density at radius 3 is 2.26 bits per heavy atom. The fraction of sp³-hybridized carbons (Fsp3) is 0.138. The Morgan fingerprint density at radius 1 is 0.886 bits per heavy atom. The zero-order valence-electron chi connectivity index (χ0n) is 19.6. The summed E-state index contributed by atoms with van der Waals surface area (Å²) in [7, 11) is 4.00. The van der Waals surface area contributed by atoms with Crippen molar-refractivity contribution in [3.05, 3.63) is 119 Å². The average Bonchev–Trinajstić information content (AvgIpc) is 2.89. The van der Waals surface area contributed by atoms with Crippen LogP contribution in [0.1, 0.15) is 27.7 Å². The van der Waals surface area contributed by atoms with Gasteiger partial charge in [-0.15, -0.1) is 0 Å². The van der Waals surface area contributed by atoms with Crippen molar-refractivity contribution in [2.75, 3.05) is 29.2 Å². The molecule has 5 nitrogen and oxygen atoms in total. The molecule has 1 aliphatic rings. The molecule has 0 aromatic heterocycles. The van der Waals surface area contributed by atoms with Crippen LogP contribution in [-0.4, -0.2) is 20.0 Å². The lowest BCUT2D eigenvalue weighted by molar-refractivity contribution is 0.0975. The minimum absolute atomic E-state index is 0.0370. The number of para-hydroxylation sites is 1. The van der Waals surface area contributed by atoms with Crippen molar-refractivity contribution >= 4 is 34.6 Å². The Kier molecular flexibility index (Phi) is 6.34. The number of ether oxygens (including phenoxy) is 1. The van der Waals surface area contributed by atoms with Crippen molar-refractivity contribution in [1.82, 2.24) is 0 Å². The van der Waals surface area contributed by atoms with Crippen LogP contribution in [0.15, 0.2) is 97.1 Å². The first-order chi connectivity index (χ1) is 17.0. The normalized spacial score (nSPS) is 14.8. The maximum atomic E-state index is 13.6. The molecule has 1 amide bonds. The first kappa shape index (κ1) is 22.8. The van der Waals surface area contributed by atoms with Gasteiger partial charge in [0.25, 0.3) is 5.91 Å². The van der Waals surface area contributed by atoms with Crippen LogP contribution in [-0.2, 0) is 6.61 Å². The molecule has 1 N–H and O–H groups in total. The van der Waals surface area contributed by atoms with E-state index in [2.05, 4.69) is 5.32 Å². The summed E-state index contributed by atoms with van der Waals surface area (Å²) in [4.78, 5) is 17.5. The van der Waals surface area contributed by atoms with E-state index in [0.717, 1.165) is 33.9 Å². The third-order valence-electron chi connectivity index (χ3n) is 6.09. The highest BCUT2D eigenvalue weighted by atomic mass is 35.5. The van der Waals surface area contributed by atoms with E-state index in [4.69, 9.17) is 16.3 Å². The summed E-state index contributed by atoms with van der Waals surface area (Å²) in [6.07, 6.45) is -0.354. The minimum atomic E-state index is -0.354. The summed E-state index contributed by atoms with van der Waals surface area (Å²) in [6, 6.07) is 31.1. The van der Waals surface area contributed by atoms with E-state index in [0.29, 0.717) is 17.2 Å². The SMILES string of the molecule is CN(C)c1ccc(N2C(=O)c3ccccc3N[C@@H]2c2ccc(OCc3ccc(Cl)cc3)cc2)cc1. The van der Waals surface area contributed by atoms with E-state index in [1.807, 2.05) is 121 Å². The lowest BCUT2D eigenvalue weighted by Gasteiger charge is -2.38. The summed E-state index contributed by atoms with van der Waals surface area (Å²) in [6.45, 7) is 0.453. The van der Waals surface area contributed by atoms with Crippen molar-refractivity contribution in [1.29, 1.82) is 0 Å². The second-order valence-electron chi connectivity index (χ2n) is 8.66. The van der Waals surface area contributed by atoms with Crippen molar-refractivity contribution in [2.45, 2.75) is 12.8 Å². The molecule has 0 unspecified atom stereocenters. The fourth-order valence-electron chi connectivity index (χ4n) is 4.16. The number of fused-ring (bicyclic) bond motifs is 1. The Morgan fingerprint density at radius 2 is 1.57 bits per heavy atom. The molecule has 0 saturated carbocycles. The summed E-state index contributed by atoms with van der Waals surface area (Å²) in [5.41, 5.74) is 5.39. The van der Waals surface area contributed by atoms with E-state index in [9.17, 15) is 4.79 Å². The maximum absolute atomic E-state index is 13.6. The largest absolute Gasteiger partial charge is 0.489 e. The van der Waals surface area contributed by atoms with Crippen LogP contribution in [0.4, 0.5) is 17.1 Å². The van der Waals surface area contributed by atoms with Crippen molar-refractivity contribution < 1.29 is 9.53 Å². The molecule has 0 radical (unpaired) electrons. The van der Waals surface area contributed by atoms with Gasteiger partial charge in [0.15, 0.2) is 0 Å². The van der Waals surface area contributed by atoms with Crippen LogP contribution in [0, 0.1) is 0 Å². The number of rotatable bonds is 6. The van der Waals surface area contributed by atoms with Crippen molar-refractivity contribution in [2.24, 2.45) is 0 Å². The molecular weight excluding hydrogens is 458 g/mol. The van der Waals surface area contributed by atoms with Gasteiger partial charge >= 0.3 is 0 Å². The Bertz CT molecular complexity index is 1320. The van der Waals surface area contributed by atoms with Gasteiger partial charge in [-0.2, -0.15) is 0 Å². The summed E-state index contributed by atoms with van der Waals surface area (Å²) in [5, 5.41) is 4.26. The molecular formula is C29H26ClN3O2. The minimum Gasteiger partial charge on any atom is -0.489 e. The van der Waals surface area contributed by atoms with E-state index in [1.165, 1.54) is 0 Å². The van der Waals surface area contributed by atoms with E-state index in [1.54, 1.807) is 0 Å². The molecule has 1 aliphatic heterocycles. The molecule has 1 heterocycles. The predicted octanol–water partition coefficient (Wildman–Crippen LogP) is 6.76. The summed E-state index contributed by atoms with van der Waals surface area (Å²) >= 11 is 5.96. The number of carbonyl (C=O) groups is 1. The second kappa shape index (κ2) is 9.72. The van der Waals surface area contributed by atoms with Gasteiger partial charge < -0.3 is 15.0 Å². The molecule has 4 aromatic rings.